The van der Waals surface area contributed by atoms with Crippen LogP contribution in [0.4, 0.5) is 0 Å². The summed E-state index contributed by atoms with van der Waals surface area (Å²) in [5.74, 6) is 1.22. The van der Waals surface area contributed by atoms with Gasteiger partial charge in [0, 0.05) is 0 Å². The van der Waals surface area contributed by atoms with Gasteiger partial charge in [-0.1, -0.05) is 54.6 Å². The van der Waals surface area contributed by atoms with Crippen LogP contribution in [0.25, 0.3) is 10.8 Å². The average Bonchev–Trinajstić information content (AvgIpc) is 3.35. The number of fused-ring (bicyclic) bond motifs is 1. The van der Waals surface area contributed by atoms with Gasteiger partial charge >= 0.3 is 0 Å². The molecule has 1 saturated carbocycles. The molecular weight excluding hydrogens is 254 g/mol. The molecule has 1 aliphatic carbocycles. The Morgan fingerprint density at radius 3 is 2.38 bits per heavy atom. The predicted octanol–water partition coefficient (Wildman–Crippen LogP) is 4.98. The summed E-state index contributed by atoms with van der Waals surface area (Å²) in [6.45, 7) is 0. The first-order valence-corrected chi connectivity index (χ1v) is 7.34. The summed E-state index contributed by atoms with van der Waals surface area (Å²) < 4.78 is 0. The van der Waals surface area contributed by atoms with Crippen molar-refractivity contribution in [3.05, 3.63) is 83.4 Å². The van der Waals surface area contributed by atoms with Gasteiger partial charge in [-0.3, -0.25) is 0 Å². The molecule has 0 aromatic heterocycles. The van der Waals surface area contributed by atoms with E-state index in [1.807, 2.05) is 12.1 Å². The van der Waals surface area contributed by atoms with Crippen LogP contribution in [-0.2, 0) is 0 Å². The van der Waals surface area contributed by atoms with Crippen molar-refractivity contribution >= 4 is 10.8 Å². The summed E-state index contributed by atoms with van der Waals surface area (Å²) in [6.07, 6.45) is 1.21. The molecular formula is C20H15N. The summed E-state index contributed by atoms with van der Waals surface area (Å²) in [5, 5.41) is 11.6. The molecule has 1 aliphatic rings. The maximum atomic E-state index is 8.88. The van der Waals surface area contributed by atoms with Crippen molar-refractivity contribution in [2.75, 3.05) is 0 Å². The van der Waals surface area contributed by atoms with Crippen LogP contribution in [0.15, 0.2) is 66.7 Å². The summed E-state index contributed by atoms with van der Waals surface area (Å²) in [5.41, 5.74) is 3.55. The van der Waals surface area contributed by atoms with E-state index in [1.165, 1.54) is 28.3 Å². The molecule has 0 radical (unpaired) electrons. The van der Waals surface area contributed by atoms with E-state index < -0.39 is 0 Å². The van der Waals surface area contributed by atoms with Crippen molar-refractivity contribution in [1.29, 1.82) is 5.26 Å². The van der Waals surface area contributed by atoms with Crippen LogP contribution < -0.4 is 0 Å². The molecule has 1 fully saturated rings. The van der Waals surface area contributed by atoms with Gasteiger partial charge in [-0.05, 0) is 52.3 Å². The number of hydrogen-bond donors (Lipinski definition) is 0. The molecule has 2 unspecified atom stereocenters. The zero-order chi connectivity index (χ0) is 14.2. The number of nitrogens with zero attached hydrogens (tertiary/aromatic N) is 1. The quantitative estimate of drug-likeness (QED) is 0.643. The maximum absolute atomic E-state index is 8.88. The van der Waals surface area contributed by atoms with Crippen molar-refractivity contribution in [2.45, 2.75) is 18.3 Å². The normalized spacial score (nSPS) is 20.1. The summed E-state index contributed by atoms with van der Waals surface area (Å²) in [6, 6.07) is 25.4. The van der Waals surface area contributed by atoms with E-state index in [-0.39, 0.29) is 0 Å². The SMILES string of the molecule is N#Cc1ccc(C2CC2c2cccc3ccccc23)cc1. The van der Waals surface area contributed by atoms with Crippen LogP contribution in [0.5, 0.6) is 0 Å². The van der Waals surface area contributed by atoms with Gasteiger partial charge in [-0.15, -0.1) is 0 Å². The van der Waals surface area contributed by atoms with E-state index in [1.54, 1.807) is 0 Å². The first-order chi connectivity index (χ1) is 10.4. The van der Waals surface area contributed by atoms with E-state index >= 15 is 0 Å². The monoisotopic (exact) mass is 269 g/mol. The van der Waals surface area contributed by atoms with Crippen molar-refractivity contribution in [2.24, 2.45) is 0 Å². The standard InChI is InChI=1S/C20H15N/c21-13-14-8-10-16(11-9-14)19-12-20(19)18-7-3-5-15-4-1-2-6-17(15)18/h1-11,19-20H,12H2. The second kappa shape index (κ2) is 4.75. The van der Waals surface area contributed by atoms with Crippen molar-refractivity contribution in [3.63, 3.8) is 0 Å². The molecule has 2 atom stereocenters. The zero-order valence-corrected chi connectivity index (χ0v) is 11.7. The van der Waals surface area contributed by atoms with E-state index in [0.29, 0.717) is 11.8 Å². The lowest BCUT2D eigenvalue weighted by atomic mass is 9.98. The summed E-state index contributed by atoms with van der Waals surface area (Å²) in [7, 11) is 0. The van der Waals surface area contributed by atoms with Gasteiger partial charge in [0.2, 0.25) is 0 Å². The Bertz CT molecular complexity index is 834. The van der Waals surface area contributed by atoms with E-state index in [9.17, 15) is 0 Å². The molecule has 0 bridgehead atoms. The Hall–Kier alpha value is -2.59. The average molecular weight is 269 g/mol. The lowest BCUT2D eigenvalue weighted by Crippen LogP contribution is -1.87. The first kappa shape index (κ1) is 12.2. The third kappa shape index (κ3) is 2.10. The fraction of sp³-hybridized carbons (Fsp3) is 0.150. The second-order valence-electron chi connectivity index (χ2n) is 5.75. The molecule has 0 N–H and O–H groups in total. The third-order valence-electron chi connectivity index (χ3n) is 4.48. The Morgan fingerprint density at radius 1 is 0.810 bits per heavy atom. The Labute approximate surface area is 124 Å². The fourth-order valence-electron chi connectivity index (χ4n) is 3.29. The maximum Gasteiger partial charge on any atom is 0.0991 e. The van der Waals surface area contributed by atoms with Crippen molar-refractivity contribution in [3.8, 4) is 6.07 Å². The van der Waals surface area contributed by atoms with E-state index in [2.05, 4.69) is 60.7 Å². The van der Waals surface area contributed by atoms with E-state index in [0.717, 1.165) is 5.56 Å². The Kier molecular flexibility index (Phi) is 2.75. The summed E-state index contributed by atoms with van der Waals surface area (Å²) >= 11 is 0. The van der Waals surface area contributed by atoms with Crippen molar-refractivity contribution < 1.29 is 0 Å². The number of hydrogen-bond acceptors (Lipinski definition) is 1. The molecule has 0 spiro atoms. The zero-order valence-electron chi connectivity index (χ0n) is 11.7. The molecule has 0 saturated heterocycles. The van der Waals surface area contributed by atoms with Crippen LogP contribution in [0, 0.1) is 11.3 Å². The molecule has 3 aromatic rings. The highest BCUT2D eigenvalue weighted by atomic mass is 14.4. The molecule has 1 nitrogen and oxygen atoms in total. The van der Waals surface area contributed by atoms with Crippen LogP contribution in [0.1, 0.15) is 34.9 Å². The van der Waals surface area contributed by atoms with Gasteiger partial charge in [-0.25, -0.2) is 0 Å². The molecule has 3 aromatic carbocycles. The van der Waals surface area contributed by atoms with Crippen molar-refractivity contribution in [1.82, 2.24) is 0 Å². The third-order valence-corrected chi connectivity index (χ3v) is 4.48. The van der Waals surface area contributed by atoms with E-state index in [4.69, 9.17) is 5.26 Å². The summed E-state index contributed by atoms with van der Waals surface area (Å²) in [4.78, 5) is 0. The highest BCUT2D eigenvalue weighted by molar-refractivity contribution is 5.86. The van der Waals surface area contributed by atoms with Gasteiger partial charge in [0.05, 0.1) is 11.6 Å². The van der Waals surface area contributed by atoms with Gasteiger partial charge in [-0.2, -0.15) is 5.26 Å². The van der Waals surface area contributed by atoms with Crippen LogP contribution in [0.3, 0.4) is 0 Å². The smallest absolute Gasteiger partial charge is 0.0991 e. The minimum atomic E-state index is 0.601. The largest absolute Gasteiger partial charge is 0.192 e. The Morgan fingerprint density at radius 2 is 1.57 bits per heavy atom. The molecule has 0 heterocycles. The number of rotatable bonds is 2. The van der Waals surface area contributed by atoms with Gasteiger partial charge in [0.15, 0.2) is 0 Å². The second-order valence-corrected chi connectivity index (χ2v) is 5.75. The number of benzene rings is 3. The molecule has 4 rings (SSSR count). The Balaban J connectivity index is 1.68. The van der Waals surface area contributed by atoms with Crippen LogP contribution >= 0.6 is 0 Å². The van der Waals surface area contributed by atoms with Gasteiger partial charge < -0.3 is 0 Å². The number of nitriles is 1. The topological polar surface area (TPSA) is 23.8 Å². The molecule has 1 heteroatoms. The predicted molar refractivity (Wildman–Crippen MR) is 85.2 cm³/mol. The van der Waals surface area contributed by atoms with Crippen LogP contribution in [0.2, 0.25) is 0 Å². The fourth-order valence-corrected chi connectivity index (χ4v) is 3.29. The molecule has 0 aliphatic heterocycles. The minimum Gasteiger partial charge on any atom is -0.192 e. The van der Waals surface area contributed by atoms with Gasteiger partial charge in [0.25, 0.3) is 0 Å². The van der Waals surface area contributed by atoms with Crippen LogP contribution in [-0.4, -0.2) is 0 Å². The molecule has 0 amide bonds. The highest BCUT2D eigenvalue weighted by Crippen LogP contribution is 2.55. The highest BCUT2D eigenvalue weighted by Gasteiger charge is 2.40. The lowest BCUT2D eigenvalue weighted by molar-refractivity contribution is 1.04. The first-order valence-electron chi connectivity index (χ1n) is 7.34. The molecule has 21 heavy (non-hydrogen) atoms. The van der Waals surface area contributed by atoms with Gasteiger partial charge in [0.1, 0.15) is 0 Å². The molecule has 100 valence electrons. The lowest BCUT2D eigenvalue weighted by Gasteiger charge is -2.06. The minimum absolute atomic E-state index is 0.601.